The van der Waals surface area contributed by atoms with Crippen molar-refractivity contribution < 1.29 is 0 Å². The number of nitrogens with zero attached hydrogens (tertiary/aromatic N) is 2. The number of isothiocyanates is 1. The standard InChI is InChI=1S/C22H15ClN2S/c1-2-16-3-8-18(9-4-16)19-10-5-17(6-11-19)7-12-22-21(23)13-20(14-24-22)25-15-26/h3-6,8-11,13-14H,2H2,1H3. The highest BCUT2D eigenvalue weighted by atomic mass is 35.5. The molecule has 0 aliphatic carbocycles. The van der Waals surface area contributed by atoms with E-state index in [-0.39, 0.29) is 0 Å². The maximum atomic E-state index is 6.17. The van der Waals surface area contributed by atoms with Crippen molar-refractivity contribution in [2.45, 2.75) is 13.3 Å². The van der Waals surface area contributed by atoms with Crippen molar-refractivity contribution in [3.05, 3.63) is 82.6 Å². The van der Waals surface area contributed by atoms with E-state index in [1.54, 1.807) is 12.3 Å². The number of aromatic nitrogens is 1. The van der Waals surface area contributed by atoms with Gasteiger partial charge in [0.25, 0.3) is 0 Å². The van der Waals surface area contributed by atoms with E-state index in [1.807, 2.05) is 12.1 Å². The number of aryl methyl sites for hydroxylation is 1. The lowest BCUT2D eigenvalue weighted by atomic mass is 10.0. The van der Waals surface area contributed by atoms with Crippen LogP contribution in [0.4, 0.5) is 5.69 Å². The molecule has 0 amide bonds. The molecule has 1 heterocycles. The quantitative estimate of drug-likeness (QED) is 0.314. The first-order chi connectivity index (χ1) is 12.7. The fraction of sp³-hybridized carbons (Fsp3) is 0.0909. The molecule has 0 spiro atoms. The normalized spacial score (nSPS) is 9.77. The molecular weight excluding hydrogens is 360 g/mol. The van der Waals surface area contributed by atoms with E-state index in [2.05, 4.69) is 82.5 Å². The average Bonchev–Trinajstić information content (AvgIpc) is 2.68. The summed E-state index contributed by atoms with van der Waals surface area (Å²) in [5, 5.41) is 2.73. The van der Waals surface area contributed by atoms with Gasteiger partial charge in [0.15, 0.2) is 0 Å². The van der Waals surface area contributed by atoms with Crippen LogP contribution in [0.1, 0.15) is 23.7 Å². The summed E-state index contributed by atoms with van der Waals surface area (Å²) in [7, 11) is 0. The number of hydrogen-bond acceptors (Lipinski definition) is 3. The molecule has 0 atom stereocenters. The average molecular weight is 375 g/mol. The third-order valence-corrected chi connectivity index (χ3v) is 4.29. The minimum Gasteiger partial charge on any atom is -0.244 e. The fourth-order valence-corrected chi connectivity index (χ4v) is 2.76. The Labute approximate surface area is 163 Å². The van der Waals surface area contributed by atoms with E-state index < -0.39 is 0 Å². The Hall–Kier alpha value is -2.76. The van der Waals surface area contributed by atoms with Gasteiger partial charge in [0.2, 0.25) is 0 Å². The summed E-state index contributed by atoms with van der Waals surface area (Å²) in [6.45, 7) is 2.15. The SMILES string of the molecule is CCc1ccc(-c2ccc(C#Cc3ncc(N=C=S)cc3Cl)cc2)cc1. The minimum absolute atomic E-state index is 0.441. The van der Waals surface area contributed by atoms with Crippen LogP contribution in [0.3, 0.4) is 0 Å². The molecule has 0 radical (unpaired) electrons. The van der Waals surface area contributed by atoms with E-state index >= 15 is 0 Å². The van der Waals surface area contributed by atoms with Gasteiger partial charge in [-0.2, -0.15) is 4.99 Å². The highest BCUT2D eigenvalue weighted by Crippen LogP contribution is 2.21. The van der Waals surface area contributed by atoms with Crippen molar-refractivity contribution in [1.29, 1.82) is 0 Å². The lowest BCUT2D eigenvalue weighted by Crippen LogP contribution is -1.84. The van der Waals surface area contributed by atoms with Crippen LogP contribution in [-0.2, 0) is 6.42 Å². The lowest BCUT2D eigenvalue weighted by molar-refractivity contribution is 1.14. The Morgan fingerprint density at radius 1 is 1.00 bits per heavy atom. The van der Waals surface area contributed by atoms with Crippen LogP contribution < -0.4 is 0 Å². The van der Waals surface area contributed by atoms with Crippen molar-refractivity contribution in [1.82, 2.24) is 4.98 Å². The zero-order valence-electron chi connectivity index (χ0n) is 14.2. The van der Waals surface area contributed by atoms with Crippen LogP contribution >= 0.6 is 23.8 Å². The van der Waals surface area contributed by atoms with Gasteiger partial charge >= 0.3 is 0 Å². The van der Waals surface area contributed by atoms with Crippen LogP contribution in [0.2, 0.25) is 5.02 Å². The molecule has 2 nitrogen and oxygen atoms in total. The molecule has 26 heavy (non-hydrogen) atoms. The molecule has 3 rings (SSSR count). The summed E-state index contributed by atoms with van der Waals surface area (Å²) in [6.07, 6.45) is 2.61. The van der Waals surface area contributed by atoms with Crippen molar-refractivity contribution >= 4 is 34.7 Å². The van der Waals surface area contributed by atoms with Gasteiger partial charge in [-0.1, -0.05) is 60.8 Å². The van der Waals surface area contributed by atoms with Gasteiger partial charge in [0, 0.05) is 5.56 Å². The number of rotatable bonds is 3. The summed E-state index contributed by atoms with van der Waals surface area (Å²) >= 11 is 10.7. The molecule has 0 fully saturated rings. The number of halogens is 1. The number of thiocarbonyl (C=S) groups is 1. The molecule has 0 bridgehead atoms. The second-order valence-electron chi connectivity index (χ2n) is 5.60. The topological polar surface area (TPSA) is 25.2 Å². The van der Waals surface area contributed by atoms with Crippen molar-refractivity contribution in [3.63, 3.8) is 0 Å². The number of benzene rings is 2. The van der Waals surface area contributed by atoms with Crippen LogP contribution in [0, 0.1) is 11.8 Å². The molecule has 4 heteroatoms. The Kier molecular flexibility index (Phi) is 5.94. The van der Waals surface area contributed by atoms with Crippen molar-refractivity contribution in [2.75, 3.05) is 0 Å². The van der Waals surface area contributed by atoms with Gasteiger partial charge in [0.1, 0.15) is 5.69 Å². The van der Waals surface area contributed by atoms with Crippen molar-refractivity contribution in [3.8, 4) is 23.0 Å². The summed E-state index contributed by atoms with van der Waals surface area (Å²) < 4.78 is 0. The highest BCUT2D eigenvalue weighted by molar-refractivity contribution is 7.78. The number of pyridine rings is 1. The van der Waals surface area contributed by atoms with Gasteiger partial charge < -0.3 is 0 Å². The summed E-state index contributed by atoms with van der Waals surface area (Å²) in [4.78, 5) is 8.05. The molecule has 0 saturated heterocycles. The first-order valence-electron chi connectivity index (χ1n) is 8.14. The molecule has 3 aromatic rings. The molecule has 126 valence electrons. The Bertz CT molecular complexity index is 1020. The fourth-order valence-electron chi connectivity index (χ4n) is 2.44. The van der Waals surface area contributed by atoms with E-state index in [1.165, 1.54) is 11.1 Å². The van der Waals surface area contributed by atoms with Gasteiger partial charge in [0.05, 0.1) is 22.1 Å². The van der Waals surface area contributed by atoms with Crippen molar-refractivity contribution in [2.24, 2.45) is 4.99 Å². The summed E-state index contributed by atoms with van der Waals surface area (Å²) in [6, 6.07) is 18.4. The predicted octanol–water partition coefficient (Wildman–Crippen LogP) is 6.10. The third kappa shape index (κ3) is 4.45. The van der Waals surface area contributed by atoms with Gasteiger partial charge in [-0.3, -0.25) is 0 Å². The van der Waals surface area contributed by atoms with Crippen LogP contribution in [0.25, 0.3) is 11.1 Å². The van der Waals surface area contributed by atoms with Gasteiger partial charge in [-0.15, -0.1) is 0 Å². The minimum atomic E-state index is 0.441. The lowest BCUT2D eigenvalue weighted by Gasteiger charge is -2.03. The maximum absolute atomic E-state index is 6.17. The predicted molar refractivity (Wildman–Crippen MR) is 111 cm³/mol. The van der Waals surface area contributed by atoms with Crippen LogP contribution in [-0.4, -0.2) is 10.1 Å². The molecular formula is C22H15ClN2S. The monoisotopic (exact) mass is 374 g/mol. The highest BCUT2D eigenvalue weighted by Gasteiger charge is 2.01. The molecule has 2 aromatic carbocycles. The Morgan fingerprint density at radius 2 is 1.65 bits per heavy atom. The molecule has 0 aliphatic rings. The second kappa shape index (κ2) is 8.56. The molecule has 1 aromatic heterocycles. The van der Waals surface area contributed by atoms with E-state index in [0.29, 0.717) is 16.4 Å². The zero-order valence-corrected chi connectivity index (χ0v) is 15.7. The van der Waals surface area contributed by atoms with Crippen LogP contribution in [0.5, 0.6) is 0 Å². The Balaban J connectivity index is 1.79. The first kappa shape index (κ1) is 18.0. The third-order valence-electron chi connectivity index (χ3n) is 3.91. The first-order valence-corrected chi connectivity index (χ1v) is 8.93. The van der Waals surface area contributed by atoms with E-state index in [4.69, 9.17) is 11.6 Å². The van der Waals surface area contributed by atoms with E-state index in [0.717, 1.165) is 17.5 Å². The van der Waals surface area contributed by atoms with Gasteiger partial charge in [-0.05, 0) is 59.4 Å². The molecule has 0 unspecified atom stereocenters. The second-order valence-corrected chi connectivity index (χ2v) is 6.19. The zero-order chi connectivity index (χ0) is 18.4. The van der Waals surface area contributed by atoms with Crippen LogP contribution in [0.15, 0.2) is 65.8 Å². The molecule has 0 N–H and O–H groups in total. The summed E-state index contributed by atoms with van der Waals surface area (Å²) in [5.74, 6) is 6.08. The largest absolute Gasteiger partial charge is 0.244 e. The maximum Gasteiger partial charge on any atom is 0.132 e. The Morgan fingerprint density at radius 3 is 2.23 bits per heavy atom. The smallest absolute Gasteiger partial charge is 0.132 e. The number of hydrogen-bond donors (Lipinski definition) is 0. The molecule has 0 saturated carbocycles. The summed E-state index contributed by atoms with van der Waals surface area (Å²) in [5.41, 5.74) is 5.67. The molecule has 0 aliphatic heterocycles. The number of aliphatic imine (C=N–C) groups is 1. The van der Waals surface area contributed by atoms with E-state index in [9.17, 15) is 0 Å². The van der Waals surface area contributed by atoms with Gasteiger partial charge in [-0.25, -0.2) is 4.98 Å².